The maximum atomic E-state index is 13.4. The van der Waals surface area contributed by atoms with Crippen LogP contribution in [-0.4, -0.2) is 42.4 Å². The van der Waals surface area contributed by atoms with E-state index in [0.717, 1.165) is 38.8 Å². The summed E-state index contributed by atoms with van der Waals surface area (Å²) in [6.45, 7) is 7.01. The van der Waals surface area contributed by atoms with E-state index in [0.29, 0.717) is 6.54 Å². The smallest absolute Gasteiger partial charge is 0.165 e. The molecule has 1 N–H and O–H groups in total. The van der Waals surface area contributed by atoms with Crippen LogP contribution in [0.25, 0.3) is 0 Å². The topological polar surface area (TPSA) is 32.7 Å². The quantitative estimate of drug-likeness (QED) is 0.679. The second-order valence-corrected chi connectivity index (χ2v) is 5.40. The Bertz CT molecular complexity index is 379. The number of rotatable bonds is 11. The van der Waals surface area contributed by atoms with Gasteiger partial charge in [-0.25, -0.2) is 4.39 Å². The van der Waals surface area contributed by atoms with Gasteiger partial charge in [0.25, 0.3) is 0 Å². The van der Waals surface area contributed by atoms with Crippen LogP contribution in [0.3, 0.4) is 0 Å². The number of nitrogens with zero attached hydrogens (tertiary/aromatic N) is 1. The lowest BCUT2D eigenvalue weighted by Gasteiger charge is -2.25. The SMILES string of the molecule is CCCCN(CCCC)CC(O)COc1ccccc1F. The minimum absolute atomic E-state index is 0.121. The molecule has 0 aromatic heterocycles. The molecule has 1 aromatic carbocycles. The molecule has 0 saturated carbocycles. The second-order valence-electron chi connectivity index (χ2n) is 5.40. The summed E-state index contributed by atoms with van der Waals surface area (Å²) in [5.41, 5.74) is 0. The molecule has 0 bridgehead atoms. The first kappa shape index (κ1) is 17.9. The van der Waals surface area contributed by atoms with Gasteiger partial charge < -0.3 is 14.7 Å². The first-order valence-electron chi connectivity index (χ1n) is 7.95. The molecular formula is C17H28FNO2. The molecule has 0 aliphatic heterocycles. The van der Waals surface area contributed by atoms with Crippen molar-refractivity contribution in [1.29, 1.82) is 0 Å². The Balaban J connectivity index is 2.38. The highest BCUT2D eigenvalue weighted by atomic mass is 19.1. The van der Waals surface area contributed by atoms with E-state index in [1.807, 2.05) is 0 Å². The van der Waals surface area contributed by atoms with Gasteiger partial charge in [0.15, 0.2) is 11.6 Å². The van der Waals surface area contributed by atoms with Gasteiger partial charge >= 0.3 is 0 Å². The number of unbranched alkanes of at least 4 members (excludes halogenated alkanes) is 2. The van der Waals surface area contributed by atoms with Crippen molar-refractivity contribution in [2.75, 3.05) is 26.2 Å². The van der Waals surface area contributed by atoms with Crippen molar-refractivity contribution in [2.45, 2.75) is 45.6 Å². The van der Waals surface area contributed by atoms with Gasteiger partial charge in [-0.3, -0.25) is 0 Å². The zero-order valence-corrected chi connectivity index (χ0v) is 13.2. The van der Waals surface area contributed by atoms with Crippen LogP contribution < -0.4 is 4.74 Å². The summed E-state index contributed by atoms with van der Waals surface area (Å²) in [7, 11) is 0. The van der Waals surface area contributed by atoms with Crippen LogP contribution in [0.1, 0.15) is 39.5 Å². The summed E-state index contributed by atoms with van der Waals surface area (Å²) in [5.74, 6) is -0.191. The largest absolute Gasteiger partial charge is 0.488 e. The Morgan fingerprint density at radius 1 is 1.14 bits per heavy atom. The zero-order chi connectivity index (χ0) is 15.5. The Kier molecular flexibility index (Phi) is 9.02. The highest BCUT2D eigenvalue weighted by Crippen LogP contribution is 2.15. The molecule has 3 nitrogen and oxygen atoms in total. The van der Waals surface area contributed by atoms with E-state index in [2.05, 4.69) is 18.7 Å². The lowest BCUT2D eigenvalue weighted by molar-refractivity contribution is 0.0658. The standard InChI is InChI=1S/C17H28FNO2/c1-3-5-11-19(12-6-4-2)13-15(20)14-21-17-10-8-7-9-16(17)18/h7-10,15,20H,3-6,11-14H2,1-2H3. The molecule has 21 heavy (non-hydrogen) atoms. The predicted molar refractivity (Wildman–Crippen MR) is 84.2 cm³/mol. The third kappa shape index (κ3) is 7.44. The van der Waals surface area contributed by atoms with Crippen LogP contribution in [-0.2, 0) is 0 Å². The normalized spacial score (nSPS) is 12.6. The average Bonchev–Trinajstić information content (AvgIpc) is 2.49. The maximum Gasteiger partial charge on any atom is 0.165 e. The van der Waals surface area contributed by atoms with Crippen LogP contribution >= 0.6 is 0 Å². The molecule has 0 aliphatic carbocycles. The number of hydrogen-bond donors (Lipinski definition) is 1. The lowest BCUT2D eigenvalue weighted by atomic mass is 10.2. The molecule has 1 rings (SSSR count). The van der Waals surface area contributed by atoms with E-state index in [1.165, 1.54) is 6.07 Å². The molecule has 0 spiro atoms. The molecule has 0 radical (unpaired) electrons. The molecule has 1 unspecified atom stereocenters. The van der Waals surface area contributed by atoms with Crippen molar-refractivity contribution in [1.82, 2.24) is 4.90 Å². The van der Waals surface area contributed by atoms with Gasteiger partial charge in [-0.15, -0.1) is 0 Å². The number of para-hydroxylation sites is 1. The fourth-order valence-corrected chi connectivity index (χ4v) is 2.16. The van der Waals surface area contributed by atoms with Crippen molar-refractivity contribution in [3.8, 4) is 5.75 Å². The molecule has 4 heteroatoms. The van der Waals surface area contributed by atoms with E-state index in [1.54, 1.807) is 18.2 Å². The van der Waals surface area contributed by atoms with E-state index >= 15 is 0 Å². The van der Waals surface area contributed by atoms with Crippen LogP contribution in [0.4, 0.5) is 4.39 Å². The summed E-state index contributed by atoms with van der Waals surface area (Å²) in [6.07, 6.45) is 3.95. The van der Waals surface area contributed by atoms with Gasteiger partial charge in [0.05, 0.1) is 0 Å². The number of halogens is 1. The number of benzene rings is 1. The van der Waals surface area contributed by atoms with Crippen molar-refractivity contribution in [3.05, 3.63) is 30.1 Å². The summed E-state index contributed by atoms with van der Waals surface area (Å²) in [5, 5.41) is 10.1. The molecular weight excluding hydrogens is 269 g/mol. The summed E-state index contributed by atoms with van der Waals surface area (Å²) < 4.78 is 18.8. The number of aliphatic hydroxyl groups excluding tert-OH is 1. The Labute approximate surface area is 127 Å². The first-order valence-corrected chi connectivity index (χ1v) is 7.95. The molecule has 0 aliphatic rings. The van der Waals surface area contributed by atoms with Gasteiger partial charge in [-0.2, -0.15) is 0 Å². The van der Waals surface area contributed by atoms with Gasteiger partial charge in [0.1, 0.15) is 12.7 Å². The second kappa shape index (κ2) is 10.6. The number of ether oxygens (including phenoxy) is 1. The van der Waals surface area contributed by atoms with Crippen molar-refractivity contribution in [2.24, 2.45) is 0 Å². The van der Waals surface area contributed by atoms with E-state index < -0.39 is 11.9 Å². The molecule has 0 heterocycles. The monoisotopic (exact) mass is 297 g/mol. The van der Waals surface area contributed by atoms with Crippen molar-refractivity contribution >= 4 is 0 Å². The fraction of sp³-hybridized carbons (Fsp3) is 0.647. The Morgan fingerprint density at radius 2 is 1.76 bits per heavy atom. The zero-order valence-electron chi connectivity index (χ0n) is 13.2. The minimum Gasteiger partial charge on any atom is -0.488 e. The Hall–Kier alpha value is -1.13. The summed E-state index contributed by atoms with van der Waals surface area (Å²) in [6, 6.07) is 6.28. The molecule has 1 aromatic rings. The highest BCUT2D eigenvalue weighted by molar-refractivity contribution is 5.23. The predicted octanol–water partition coefficient (Wildman–Crippen LogP) is 3.47. The fourth-order valence-electron chi connectivity index (χ4n) is 2.16. The van der Waals surface area contributed by atoms with Crippen LogP contribution in [0.2, 0.25) is 0 Å². The van der Waals surface area contributed by atoms with Crippen LogP contribution in [0.15, 0.2) is 24.3 Å². The average molecular weight is 297 g/mol. The van der Waals surface area contributed by atoms with Gasteiger partial charge in [-0.1, -0.05) is 38.8 Å². The van der Waals surface area contributed by atoms with E-state index in [4.69, 9.17) is 4.74 Å². The third-order valence-corrected chi connectivity index (χ3v) is 3.39. The summed E-state index contributed by atoms with van der Waals surface area (Å²) in [4.78, 5) is 2.27. The molecule has 120 valence electrons. The van der Waals surface area contributed by atoms with Crippen LogP contribution in [0, 0.1) is 5.82 Å². The van der Waals surface area contributed by atoms with Crippen LogP contribution in [0.5, 0.6) is 5.75 Å². The lowest BCUT2D eigenvalue weighted by Crippen LogP contribution is -2.37. The molecule has 0 saturated heterocycles. The minimum atomic E-state index is -0.599. The van der Waals surface area contributed by atoms with Gasteiger partial charge in [0, 0.05) is 6.54 Å². The molecule has 0 amide bonds. The molecule has 1 atom stereocenters. The number of hydrogen-bond acceptors (Lipinski definition) is 3. The van der Waals surface area contributed by atoms with E-state index in [-0.39, 0.29) is 12.4 Å². The maximum absolute atomic E-state index is 13.4. The first-order chi connectivity index (χ1) is 10.2. The van der Waals surface area contributed by atoms with Crippen molar-refractivity contribution in [3.63, 3.8) is 0 Å². The summed E-state index contributed by atoms with van der Waals surface area (Å²) >= 11 is 0. The van der Waals surface area contributed by atoms with E-state index in [9.17, 15) is 9.50 Å². The number of aliphatic hydroxyl groups is 1. The highest BCUT2D eigenvalue weighted by Gasteiger charge is 2.13. The Morgan fingerprint density at radius 3 is 2.33 bits per heavy atom. The molecule has 0 fully saturated rings. The van der Waals surface area contributed by atoms with Gasteiger partial charge in [0.2, 0.25) is 0 Å². The van der Waals surface area contributed by atoms with Gasteiger partial charge in [-0.05, 0) is 38.1 Å². The third-order valence-electron chi connectivity index (χ3n) is 3.39. The van der Waals surface area contributed by atoms with Crippen molar-refractivity contribution < 1.29 is 14.2 Å².